The van der Waals surface area contributed by atoms with Crippen LogP contribution in [0.1, 0.15) is 36.5 Å². The van der Waals surface area contributed by atoms with E-state index in [0.29, 0.717) is 12.0 Å². The van der Waals surface area contributed by atoms with Gasteiger partial charge < -0.3 is 5.32 Å². The Morgan fingerprint density at radius 1 is 1.16 bits per heavy atom. The predicted molar refractivity (Wildman–Crippen MR) is 75.3 cm³/mol. The summed E-state index contributed by atoms with van der Waals surface area (Å²) in [6.07, 6.45) is 1.88. The number of rotatable bonds is 4. The van der Waals surface area contributed by atoms with Crippen molar-refractivity contribution in [2.45, 2.75) is 47.2 Å². The lowest BCUT2D eigenvalue weighted by atomic mass is 10.2. The maximum absolute atomic E-state index is 4.44. The fourth-order valence-electron chi connectivity index (χ4n) is 1.93. The molecule has 2 rings (SSSR count). The van der Waals surface area contributed by atoms with Gasteiger partial charge in [-0.2, -0.15) is 5.10 Å². The van der Waals surface area contributed by atoms with Crippen molar-refractivity contribution in [1.82, 2.24) is 25.1 Å². The second-order valence-electron chi connectivity index (χ2n) is 5.15. The van der Waals surface area contributed by atoms with Crippen LogP contribution in [0.2, 0.25) is 0 Å². The van der Waals surface area contributed by atoms with Gasteiger partial charge in [0.15, 0.2) is 0 Å². The van der Waals surface area contributed by atoms with Gasteiger partial charge in [-0.15, -0.1) is 0 Å². The van der Waals surface area contributed by atoms with Crippen molar-refractivity contribution in [3.63, 3.8) is 0 Å². The third-order valence-corrected chi connectivity index (χ3v) is 2.97. The number of nitrogens with one attached hydrogen (secondary N) is 1. The Morgan fingerprint density at radius 2 is 1.79 bits per heavy atom. The highest BCUT2D eigenvalue weighted by Gasteiger charge is 2.11. The van der Waals surface area contributed by atoms with E-state index in [2.05, 4.69) is 34.2 Å². The van der Waals surface area contributed by atoms with Gasteiger partial charge >= 0.3 is 0 Å². The molecule has 0 bridgehead atoms. The molecule has 0 unspecified atom stereocenters. The molecular formula is C14H21N5. The normalized spacial score (nSPS) is 11.3. The first-order chi connectivity index (χ1) is 8.97. The average Bonchev–Trinajstić information content (AvgIpc) is 2.66. The summed E-state index contributed by atoms with van der Waals surface area (Å²) >= 11 is 0. The number of hydrogen-bond acceptors (Lipinski definition) is 4. The van der Waals surface area contributed by atoms with Gasteiger partial charge in [-0.25, -0.2) is 14.6 Å². The molecule has 1 N–H and O–H groups in total. The summed E-state index contributed by atoms with van der Waals surface area (Å²) in [7, 11) is 0. The summed E-state index contributed by atoms with van der Waals surface area (Å²) in [5.41, 5.74) is 4.17. The van der Waals surface area contributed by atoms with Crippen LogP contribution in [-0.4, -0.2) is 25.8 Å². The molecule has 0 atom stereocenters. The van der Waals surface area contributed by atoms with Crippen molar-refractivity contribution in [2.75, 3.05) is 0 Å². The molecule has 0 spiro atoms. The third-order valence-electron chi connectivity index (χ3n) is 2.97. The van der Waals surface area contributed by atoms with E-state index in [1.165, 1.54) is 5.56 Å². The molecule has 0 aliphatic heterocycles. The van der Waals surface area contributed by atoms with Crippen LogP contribution in [-0.2, 0) is 6.54 Å². The van der Waals surface area contributed by atoms with Gasteiger partial charge in [0.1, 0.15) is 0 Å². The van der Waals surface area contributed by atoms with Crippen molar-refractivity contribution >= 4 is 0 Å². The minimum Gasteiger partial charge on any atom is -0.310 e. The van der Waals surface area contributed by atoms with Crippen LogP contribution < -0.4 is 5.32 Å². The van der Waals surface area contributed by atoms with Gasteiger partial charge in [0.25, 0.3) is 5.95 Å². The zero-order valence-corrected chi connectivity index (χ0v) is 12.2. The summed E-state index contributed by atoms with van der Waals surface area (Å²) in [5, 5.41) is 7.79. The first-order valence-electron chi connectivity index (χ1n) is 6.57. The van der Waals surface area contributed by atoms with E-state index in [9.17, 15) is 0 Å². The second kappa shape index (κ2) is 5.48. The smallest absolute Gasteiger partial charge is 0.251 e. The molecule has 0 amide bonds. The van der Waals surface area contributed by atoms with E-state index >= 15 is 0 Å². The SMILES string of the molecule is Cc1cc(C)nc(-n2ncc(CNC(C)C)c2C)n1. The second-order valence-corrected chi connectivity index (χ2v) is 5.15. The van der Waals surface area contributed by atoms with E-state index in [1.54, 1.807) is 4.68 Å². The minimum absolute atomic E-state index is 0.459. The molecule has 0 saturated heterocycles. The van der Waals surface area contributed by atoms with Gasteiger partial charge in [-0.05, 0) is 26.8 Å². The van der Waals surface area contributed by atoms with Crippen LogP contribution in [0.3, 0.4) is 0 Å². The van der Waals surface area contributed by atoms with Gasteiger partial charge in [-0.1, -0.05) is 13.8 Å². The van der Waals surface area contributed by atoms with Gasteiger partial charge in [0, 0.05) is 35.2 Å². The van der Waals surface area contributed by atoms with Crippen LogP contribution in [0.4, 0.5) is 0 Å². The Morgan fingerprint density at radius 3 is 2.37 bits per heavy atom. The molecule has 102 valence electrons. The first kappa shape index (κ1) is 13.7. The van der Waals surface area contributed by atoms with E-state index in [0.717, 1.165) is 23.6 Å². The van der Waals surface area contributed by atoms with Gasteiger partial charge in [0.05, 0.1) is 6.20 Å². The molecule has 2 aromatic heterocycles. The Kier molecular flexibility index (Phi) is 3.95. The van der Waals surface area contributed by atoms with Crippen LogP contribution in [0, 0.1) is 20.8 Å². The van der Waals surface area contributed by atoms with Crippen molar-refractivity contribution in [2.24, 2.45) is 0 Å². The summed E-state index contributed by atoms with van der Waals surface area (Å²) in [6, 6.07) is 2.42. The Bertz CT molecular complexity index is 551. The maximum atomic E-state index is 4.44. The van der Waals surface area contributed by atoms with E-state index in [-0.39, 0.29) is 0 Å². The number of nitrogens with zero attached hydrogens (tertiary/aromatic N) is 4. The van der Waals surface area contributed by atoms with E-state index < -0.39 is 0 Å². The summed E-state index contributed by atoms with van der Waals surface area (Å²) < 4.78 is 1.80. The highest BCUT2D eigenvalue weighted by molar-refractivity contribution is 5.25. The lowest BCUT2D eigenvalue weighted by Gasteiger charge is -2.08. The summed E-state index contributed by atoms with van der Waals surface area (Å²) in [5.74, 6) is 0.644. The van der Waals surface area contributed by atoms with Crippen LogP contribution in [0.5, 0.6) is 0 Å². The molecular weight excluding hydrogens is 238 g/mol. The quantitative estimate of drug-likeness (QED) is 0.913. The summed E-state index contributed by atoms with van der Waals surface area (Å²) in [4.78, 5) is 8.89. The first-order valence-corrected chi connectivity index (χ1v) is 6.57. The molecule has 5 heteroatoms. The Balaban J connectivity index is 2.30. The molecule has 0 aliphatic carbocycles. The standard InChI is InChI=1S/C14H21N5/c1-9(2)15-7-13-8-16-19(12(13)5)14-17-10(3)6-11(4)18-14/h6,8-9,15H,7H2,1-5H3. The van der Waals surface area contributed by atoms with Crippen LogP contribution in [0.15, 0.2) is 12.3 Å². The van der Waals surface area contributed by atoms with Crippen molar-refractivity contribution in [3.8, 4) is 5.95 Å². The van der Waals surface area contributed by atoms with E-state index in [4.69, 9.17) is 0 Å². The largest absolute Gasteiger partial charge is 0.310 e. The molecule has 5 nitrogen and oxygen atoms in total. The average molecular weight is 259 g/mol. The van der Waals surface area contributed by atoms with Crippen molar-refractivity contribution in [1.29, 1.82) is 0 Å². The molecule has 0 radical (unpaired) electrons. The molecule has 19 heavy (non-hydrogen) atoms. The van der Waals surface area contributed by atoms with Gasteiger partial charge in [0.2, 0.25) is 0 Å². The molecule has 0 fully saturated rings. The maximum Gasteiger partial charge on any atom is 0.251 e. The molecule has 0 aliphatic rings. The summed E-state index contributed by atoms with van der Waals surface area (Å²) in [6.45, 7) is 11.1. The highest BCUT2D eigenvalue weighted by Crippen LogP contribution is 2.12. The fourth-order valence-corrected chi connectivity index (χ4v) is 1.93. The lowest BCUT2D eigenvalue weighted by molar-refractivity contribution is 0.587. The van der Waals surface area contributed by atoms with Crippen molar-refractivity contribution < 1.29 is 0 Å². The molecule has 2 heterocycles. The molecule has 0 aromatic carbocycles. The molecule has 0 saturated carbocycles. The fraction of sp³-hybridized carbons (Fsp3) is 0.500. The van der Waals surface area contributed by atoms with Crippen LogP contribution >= 0.6 is 0 Å². The lowest BCUT2D eigenvalue weighted by Crippen LogP contribution is -2.22. The third kappa shape index (κ3) is 3.17. The monoisotopic (exact) mass is 259 g/mol. The molecule has 2 aromatic rings. The van der Waals surface area contributed by atoms with E-state index in [1.807, 2.05) is 33.0 Å². The zero-order chi connectivity index (χ0) is 14.0. The van der Waals surface area contributed by atoms with Crippen molar-refractivity contribution in [3.05, 3.63) is 34.9 Å². The predicted octanol–water partition coefficient (Wildman–Crippen LogP) is 2.09. The topological polar surface area (TPSA) is 55.6 Å². The number of hydrogen-bond donors (Lipinski definition) is 1. The van der Waals surface area contributed by atoms with Crippen LogP contribution in [0.25, 0.3) is 5.95 Å². The minimum atomic E-state index is 0.459. The Labute approximate surface area is 114 Å². The number of aryl methyl sites for hydroxylation is 2. The Hall–Kier alpha value is -1.75. The van der Waals surface area contributed by atoms with Gasteiger partial charge in [-0.3, -0.25) is 0 Å². The highest BCUT2D eigenvalue weighted by atomic mass is 15.3. The zero-order valence-electron chi connectivity index (χ0n) is 12.2. The number of aromatic nitrogens is 4.